The molecule has 3 heteroatoms. The number of esters is 1. The van der Waals surface area contributed by atoms with E-state index in [1.54, 1.807) is 13.8 Å². The van der Waals surface area contributed by atoms with E-state index in [1.807, 2.05) is 13.8 Å². The molecule has 0 aliphatic carbocycles. The van der Waals surface area contributed by atoms with E-state index in [9.17, 15) is 4.79 Å². The Hall–Kier alpha value is -0.990. The number of hydrogen-bond acceptors (Lipinski definition) is 3. The second-order valence-corrected chi connectivity index (χ2v) is 11.2. The minimum atomic E-state index is -0.531. The van der Waals surface area contributed by atoms with Crippen molar-refractivity contribution in [1.29, 1.82) is 0 Å². The third-order valence-electron chi connectivity index (χ3n) is 6.70. The first-order valence-electron chi connectivity index (χ1n) is 17.2. The molecule has 0 rings (SSSR count). The second kappa shape index (κ2) is 39.2. The zero-order chi connectivity index (χ0) is 30.7. The predicted octanol–water partition coefficient (Wildman–Crippen LogP) is 13.2. The Morgan fingerprint density at radius 1 is 0.615 bits per heavy atom. The highest BCUT2D eigenvalue weighted by Gasteiger charge is 2.09. The van der Waals surface area contributed by atoms with Crippen molar-refractivity contribution in [1.82, 2.24) is 0 Å². The van der Waals surface area contributed by atoms with Crippen LogP contribution in [0, 0.1) is 11.8 Å². The van der Waals surface area contributed by atoms with Gasteiger partial charge in [0.15, 0.2) is 0 Å². The topological polar surface area (TPSA) is 35.5 Å². The molecule has 0 fully saturated rings. The minimum Gasteiger partial charge on any atom is -0.460 e. The SMILES string of the molecule is C=C(C)OC(C)OC(=O)CCCCCCCCCCCCCCC.CC.CCC.CCC(C)CCC(C)CC. The van der Waals surface area contributed by atoms with Gasteiger partial charge in [-0.15, -0.1) is 0 Å². The van der Waals surface area contributed by atoms with Gasteiger partial charge in [-0.2, -0.15) is 0 Å². The number of carbonyl (C=O) groups is 1. The molecule has 238 valence electrons. The predicted molar refractivity (Wildman–Crippen MR) is 177 cm³/mol. The number of ether oxygens (including phenoxy) is 2. The summed E-state index contributed by atoms with van der Waals surface area (Å²) in [6.07, 6.45) is 23.7. The quantitative estimate of drug-likeness (QED) is 0.0575. The lowest BCUT2D eigenvalue weighted by Crippen LogP contribution is -2.17. The molecular formula is C36H76O3. The molecule has 3 unspecified atom stereocenters. The van der Waals surface area contributed by atoms with E-state index in [-0.39, 0.29) is 5.97 Å². The van der Waals surface area contributed by atoms with Gasteiger partial charge in [-0.1, -0.05) is 178 Å². The highest BCUT2D eigenvalue weighted by Crippen LogP contribution is 2.16. The van der Waals surface area contributed by atoms with Crippen molar-refractivity contribution in [2.24, 2.45) is 11.8 Å². The van der Waals surface area contributed by atoms with Gasteiger partial charge in [-0.3, -0.25) is 4.79 Å². The van der Waals surface area contributed by atoms with E-state index in [4.69, 9.17) is 9.47 Å². The molecule has 3 nitrogen and oxygen atoms in total. The van der Waals surface area contributed by atoms with Crippen molar-refractivity contribution < 1.29 is 14.3 Å². The van der Waals surface area contributed by atoms with Crippen LogP contribution in [-0.2, 0) is 14.3 Å². The summed E-state index contributed by atoms with van der Waals surface area (Å²) in [6.45, 7) is 26.9. The van der Waals surface area contributed by atoms with Crippen molar-refractivity contribution in [3.8, 4) is 0 Å². The fourth-order valence-corrected chi connectivity index (χ4v) is 3.82. The smallest absolute Gasteiger partial charge is 0.308 e. The van der Waals surface area contributed by atoms with Gasteiger partial charge in [0.2, 0.25) is 6.29 Å². The molecule has 0 bridgehead atoms. The summed E-state index contributed by atoms with van der Waals surface area (Å²) >= 11 is 0. The third kappa shape index (κ3) is 47.2. The summed E-state index contributed by atoms with van der Waals surface area (Å²) in [7, 11) is 0. The van der Waals surface area contributed by atoms with Crippen molar-refractivity contribution in [3.05, 3.63) is 12.3 Å². The van der Waals surface area contributed by atoms with Gasteiger partial charge in [0.25, 0.3) is 0 Å². The minimum absolute atomic E-state index is 0.174. The molecule has 0 N–H and O–H groups in total. The fourth-order valence-electron chi connectivity index (χ4n) is 3.82. The zero-order valence-corrected chi connectivity index (χ0v) is 29.1. The lowest BCUT2D eigenvalue weighted by atomic mass is 9.95. The van der Waals surface area contributed by atoms with Crippen LogP contribution < -0.4 is 0 Å². The summed E-state index contributed by atoms with van der Waals surface area (Å²) in [4.78, 5) is 11.6. The van der Waals surface area contributed by atoms with Crippen LogP contribution in [0.5, 0.6) is 0 Å². The van der Waals surface area contributed by atoms with E-state index in [0.29, 0.717) is 12.2 Å². The largest absolute Gasteiger partial charge is 0.460 e. The maximum absolute atomic E-state index is 11.6. The first-order chi connectivity index (χ1) is 18.7. The van der Waals surface area contributed by atoms with Gasteiger partial charge in [0.1, 0.15) is 0 Å². The molecule has 0 heterocycles. The molecule has 0 saturated heterocycles. The molecule has 39 heavy (non-hydrogen) atoms. The molecule has 0 aromatic rings. The Morgan fingerprint density at radius 3 is 1.26 bits per heavy atom. The standard InChI is InChI=1S/C21H40O3.C10H22.C3H8.C2H6/c1-5-6-7-8-9-10-11-12-13-14-15-16-17-18-21(22)24-20(4)23-19(2)3;1-5-9(3)7-8-10(4)6-2;1-3-2;1-2/h20H,2,5-18H2,1,3-4H3;9-10H,5-8H2,1-4H3;3H2,1-2H3;1-2H3. The van der Waals surface area contributed by atoms with Gasteiger partial charge in [0.05, 0.1) is 5.76 Å². The monoisotopic (exact) mass is 557 g/mol. The lowest BCUT2D eigenvalue weighted by Gasteiger charge is -2.14. The van der Waals surface area contributed by atoms with Crippen LogP contribution >= 0.6 is 0 Å². The highest BCUT2D eigenvalue weighted by molar-refractivity contribution is 5.69. The average Bonchev–Trinajstić information content (AvgIpc) is 2.91. The molecule has 3 atom stereocenters. The van der Waals surface area contributed by atoms with Crippen molar-refractivity contribution in [2.45, 2.75) is 204 Å². The summed E-state index contributed by atoms with van der Waals surface area (Å²) < 4.78 is 10.3. The molecule has 0 aromatic heterocycles. The number of allylic oxidation sites excluding steroid dienone is 1. The maximum Gasteiger partial charge on any atom is 0.308 e. The third-order valence-corrected chi connectivity index (χ3v) is 6.70. The molecule has 0 aromatic carbocycles. The summed E-state index contributed by atoms with van der Waals surface area (Å²) in [6, 6.07) is 0. The molecule has 0 saturated carbocycles. The van der Waals surface area contributed by atoms with E-state index in [1.165, 1.54) is 103 Å². The van der Waals surface area contributed by atoms with Gasteiger partial charge in [-0.05, 0) is 25.2 Å². The van der Waals surface area contributed by atoms with Gasteiger partial charge < -0.3 is 9.47 Å². The molecular weight excluding hydrogens is 480 g/mol. The van der Waals surface area contributed by atoms with Crippen LogP contribution in [0.15, 0.2) is 12.3 Å². The first-order valence-corrected chi connectivity index (χ1v) is 17.2. The molecule has 0 aliphatic heterocycles. The Kier molecular flexibility index (Phi) is 45.2. The Labute approximate surface area is 248 Å². The number of rotatable bonds is 22. The van der Waals surface area contributed by atoms with E-state index in [0.717, 1.165) is 24.7 Å². The Morgan fingerprint density at radius 2 is 0.949 bits per heavy atom. The average molecular weight is 557 g/mol. The Bertz CT molecular complexity index is 450. The number of carbonyl (C=O) groups excluding carboxylic acids is 1. The normalized spacial score (nSPS) is 12.3. The van der Waals surface area contributed by atoms with Crippen molar-refractivity contribution in [2.75, 3.05) is 0 Å². The zero-order valence-electron chi connectivity index (χ0n) is 29.1. The number of unbranched alkanes of at least 4 members (excludes halogenated alkanes) is 12. The van der Waals surface area contributed by atoms with Crippen LogP contribution in [0.25, 0.3) is 0 Å². The number of hydrogen-bond donors (Lipinski definition) is 0. The summed E-state index contributed by atoms with van der Waals surface area (Å²) in [5.74, 6) is 2.27. The van der Waals surface area contributed by atoms with Crippen molar-refractivity contribution in [3.63, 3.8) is 0 Å². The first kappa shape index (κ1) is 45.0. The molecule has 0 radical (unpaired) electrons. The van der Waals surface area contributed by atoms with Crippen LogP contribution in [0.4, 0.5) is 0 Å². The van der Waals surface area contributed by atoms with E-state index >= 15 is 0 Å². The van der Waals surface area contributed by atoms with Crippen LogP contribution in [0.3, 0.4) is 0 Å². The molecule has 0 aliphatic rings. The van der Waals surface area contributed by atoms with Gasteiger partial charge in [-0.25, -0.2) is 0 Å². The van der Waals surface area contributed by atoms with E-state index < -0.39 is 6.29 Å². The van der Waals surface area contributed by atoms with E-state index in [2.05, 4.69) is 55.0 Å². The van der Waals surface area contributed by atoms with Crippen LogP contribution in [0.2, 0.25) is 0 Å². The fraction of sp³-hybridized carbons (Fsp3) is 0.917. The Balaban J connectivity index is -0.000000337. The van der Waals surface area contributed by atoms with Crippen LogP contribution in [-0.4, -0.2) is 12.3 Å². The highest BCUT2D eigenvalue weighted by atomic mass is 16.7. The maximum atomic E-state index is 11.6. The van der Waals surface area contributed by atoms with Gasteiger partial charge >= 0.3 is 5.97 Å². The van der Waals surface area contributed by atoms with Crippen molar-refractivity contribution >= 4 is 5.97 Å². The summed E-state index contributed by atoms with van der Waals surface area (Å²) in [5.41, 5.74) is 0. The van der Waals surface area contributed by atoms with Gasteiger partial charge in [0, 0.05) is 13.3 Å². The molecule has 0 spiro atoms. The lowest BCUT2D eigenvalue weighted by molar-refractivity contribution is -0.167. The van der Waals surface area contributed by atoms with Crippen LogP contribution in [0.1, 0.15) is 198 Å². The molecule has 0 amide bonds. The second-order valence-electron chi connectivity index (χ2n) is 11.2. The summed E-state index contributed by atoms with van der Waals surface area (Å²) in [5, 5.41) is 0.